The molecule has 1 aromatic rings. The van der Waals surface area contributed by atoms with E-state index in [2.05, 4.69) is 24.4 Å². The Kier molecular flexibility index (Phi) is 3.04. The average molecular weight is 241 g/mol. The zero-order valence-electron chi connectivity index (χ0n) is 10.8. The first-order valence-corrected chi connectivity index (χ1v) is 6.90. The van der Waals surface area contributed by atoms with Gasteiger partial charge in [-0.25, -0.2) is 0 Å². The highest BCUT2D eigenvalue weighted by atomic mass is 16.1. The van der Waals surface area contributed by atoms with E-state index in [1.807, 2.05) is 6.08 Å². The fourth-order valence-corrected chi connectivity index (χ4v) is 3.07. The van der Waals surface area contributed by atoms with Crippen molar-refractivity contribution >= 4 is 11.9 Å². The van der Waals surface area contributed by atoms with Gasteiger partial charge in [-0.2, -0.15) is 0 Å². The lowest BCUT2D eigenvalue weighted by Crippen LogP contribution is -2.35. The van der Waals surface area contributed by atoms with Crippen LogP contribution < -0.4 is 5.32 Å². The fraction of sp³-hybridized carbons (Fsp3) is 0.438. The van der Waals surface area contributed by atoms with E-state index in [0.717, 1.165) is 36.9 Å². The van der Waals surface area contributed by atoms with E-state index in [1.54, 1.807) is 6.08 Å². The van der Waals surface area contributed by atoms with Crippen molar-refractivity contribution in [2.24, 2.45) is 0 Å². The zero-order chi connectivity index (χ0) is 12.5. The third kappa shape index (κ3) is 1.91. The molecule has 0 amide bonds. The minimum atomic E-state index is 0.196. The van der Waals surface area contributed by atoms with Gasteiger partial charge in [0.05, 0.1) is 0 Å². The standard InChI is InChI=1S/C16H19NO/c1-2-9-17-13-6-7-14-12(10-13)4-3-11-5-8-15(18)16(11)14/h3-5,8,13,17H,2,6-7,9-10H2,1H3/t13-/m0/s1. The number of carbonyl (C=O) groups excluding carboxylic acids is 1. The molecule has 1 N–H and O–H groups in total. The lowest BCUT2D eigenvalue weighted by atomic mass is 9.83. The maximum atomic E-state index is 11.9. The molecule has 1 aromatic carbocycles. The highest BCUT2D eigenvalue weighted by Gasteiger charge is 2.25. The summed E-state index contributed by atoms with van der Waals surface area (Å²) in [6, 6.07) is 4.88. The molecule has 0 aromatic heterocycles. The molecule has 2 aliphatic carbocycles. The van der Waals surface area contributed by atoms with Crippen LogP contribution in [-0.4, -0.2) is 18.4 Å². The number of nitrogens with one attached hydrogen (secondary N) is 1. The molecule has 0 unspecified atom stereocenters. The van der Waals surface area contributed by atoms with Crippen molar-refractivity contribution in [1.82, 2.24) is 5.32 Å². The Morgan fingerprint density at radius 2 is 2.22 bits per heavy atom. The summed E-state index contributed by atoms with van der Waals surface area (Å²) in [5.74, 6) is 0.196. The summed E-state index contributed by atoms with van der Waals surface area (Å²) in [6.07, 6.45) is 8.07. The van der Waals surface area contributed by atoms with E-state index in [9.17, 15) is 4.79 Å². The molecule has 3 rings (SSSR count). The molecule has 0 saturated heterocycles. The summed E-state index contributed by atoms with van der Waals surface area (Å²) < 4.78 is 0. The van der Waals surface area contributed by atoms with Crippen molar-refractivity contribution in [1.29, 1.82) is 0 Å². The maximum Gasteiger partial charge on any atom is 0.186 e. The summed E-state index contributed by atoms with van der Waals surface area (Å²) in [4.78, 5) is 11.9. The quantitative estimate of drug-likeness (QED) is 0.881. The average Bonchev–Trinajstić information content (AvgIpc) is 2.78. The minimum absolute atomic E-state index is 0.196. The van der Waals surface area contributed by atoms with Gasteiger partial charge in [0.25, 0.3) is 0 Å². The Labute approximate surface area is 108 Å². The number of carbonyl (C=O) groups is 1. The second kappa shape index (κ2) is 4.69. The van der Waals surface area contributed by atoms with E-state index < -0.39 is 0 Å². The lowest BCUT2D eigenvalue weighted by Gasteiger charge is -2.27. The molecule has 0 radical (unpaired) electrons. The van der Waals surface area contributed by atoms with Gasteiger partial charge >= 0.3 is 0 Å². The monoisotopic (exact) mass is 241 g/mol. The maximum absolute atomic E-state index is 11.9. The highest BCUT2D eigenvalue weighted by Crippen LogP contribution is 2.31. The molecule has 0 fully saturated rings. The fourth-order valence-electron chi connectivity index (χ4n) is 3.07. The van der Waals surface area contributed by atoms with Crippen LogP contribution >= 0.6 is 0 Å². The number of allylic oxidation sites excluding steroid dienone is 1. The van der Waals surface area contributed by atoms with Crippen LogP contribution in [0, 0.1) is 0 Å². The molecule has 2 heteroatoms. The molecular formula is C16H19NO. The topological polar surface area (TPSA) is 29.1 Å². The van der Waals surface area contributed by atoms with Crippen LogP contribution in [0.1, 0.15) is 46.8 Å². The normalized spacial score (nSPS) is 20.9. The second-order valence-corrected chi connectivity index (χ2v) is 5.26. The minimum Gasteiger partial charge on any atom is -0.314 e. The molecule has 0 aliphatic heterocycles. The molecule has 0 bridgehead atoms. The van der Waals surface area contributed by atoms with Crippen LogP contribution in [0.4, 0.5) is 0 Å². The molecule has 94 valence electrons. The molecule has 0 heterocycles. The summed E-state index contributed by atoms with van der Waals surface area (Å²) in [5, 5.41) is 3.59. The molecule has 2 aliphatic rings. The van der Waals surface area contributed by atoms with E-state index in [0.29, 0.717) is 6.04 Å². The first-order chi connectivity index (χ1) is 8.79. The Morgan fingerprint density at radius 1 is 1.33 bits per heavy atom. The molecule has 1 atom stereocenters. The summed E-state index contributed by atoms with van der Waals surface area (Å²) in [5.41, 5.74) is 4.75. The molecule has 0 spiro atoms. The van der Waals surface area contributed by atoms with Crippen molar-refractivity contribution in [2.45, 2.75) is 38.6 Å². The predicted octanol–water partition coefficient (Wildman–Crippen LogP) is 2.75. The van der Waals surface area contributed by atoms with Gasteiger partial charge in [0.2, 0.25) is 0 Å². The molecule has 0 saturated carbocycles. The first-order valence-electron chi connectivity index (χ1n) is 6.90. The van der Waals surface area contributed by atoms with Gasteiger partial charge < -0.3 is 5.32 Å². The van der Waals surface area contributed by atoms with Crippen LogP contribution in [0.5, 0.6) is 0 Å². The molecule has 2 nitrogen and oxygen atoms in total. The third-order valence-corrected chi connectivity index (χ3v) is 3.99. The van der Waals surface area contributed by atoms with Crippen molar-refractivity contribution in [3.63, 3.8) is 0 Å². The SMILES string of the molecule is CCCN[C@H]1CCc2c(ccc3c2C(=O)C=C3)C1. The highest BCUT2D eigenvalue weighted by molar-refractivity contribution is 6.14. The number of rotatable bonds is 3. The predicted molar refractivity (Wildman–Crippen MR) is 73.9 cm³/mol. The van der Waals surface area contributed by atoms with Crippen LogP contribution in [0.2, 0.25) is 0 Å². The van der Waals surface area contributed by atoms with Gasteiger partial charge in [0.1, 0.15) is 0 Å². The van der Waals surface area contributed by atoms with Crippen molar-refractivity contribution in [2.75, 3.05) is 6.54 Å². The Bertz CT molecular complexity index is 516. The number of fused-ring (bicyclic) bond motifs is 3. The van der Waals surface area contributed by atoms with Crippen molar-refractivity contribution in [3.05, 3.63) is 40.5 Å². The van der Waals surface area contributed by atoms with Crippen LogP contribution in [-0.2, 0) is 12.8 Å². The molecular weight excluding hydrogens is 222 g/mol. The van der Waals surface area contributed by atoms with Gasteiger partial charge in [-0.15, -0.1) is 0 Å². The van der Waals surface area contributed by atoms with Gasteiger partial charge in [-0.05, 0) is 55.0 Å². The van der Waals surface area contributed by atoms with Crippen LogP contribution in [0.15, 0.2) is 18.2 Å². The Hall–Kier alpha value is -1.41. The smallest absolute Gasteiger partial charge is 0.186 e. The van der Waals surface area contributed by atoms with Gasteiger partial charge in [0, 0.05) is 11.6 Å². The van der Waals surface area contributed by atoms with Crippen LogP contribution in [0.25, 0.3) is 6.08 Å². The number of ketones is 1. The van der Waals surface area contributed by atoms with Gasteiger partial charge in [-0.3, -0.25) is 4.79 Å². The third-order valence-electron chi connectivity index (χ3n) is 3.99. The van der Waals surface area contributed by atoms with E-state index in [1.165, 1.54) is 17.5 Å². The zero-order valence-corrected chi connectivity index (χ0v) is 10.8. The second-order valence-electron chi connectivity index (χ2n) is 5.26. The number of hydrogen-bond donors (Lipinski definition) is 1. The summed E-state index contributed by atoms with van der Waals surface area (Å²) in [7, 11) is 0. The largest absolute Gasteiger partial charge is 0.314 e. The van der Waals surface area contributed by atoms with Crippen molar-refractivity contribution < 1.29 is 4.79 Å². The van der Waals surface area contributed by atoms with Gasteiger partial charge in [-0.1, -0.05) is 25.1 Å². The number of benzene rings is 1. The van der Waals surface area contributed by atoms with E-state index in [4.69, 9.17) is 0 Å². The van der Waals surface area contributed by atoms with Gasteiger partial charge in [0.15, 0.2) is 5.78 Å². The Morgan fingerprint density at radius 3 is 3.06 bits per heavy atom. The summed E-state index contributed by atoms with van der Waals surface area (Å²) in [6.45, 7) is 3.28. The van der Waals surface area contributed by atoms with E-state index in [-0.39, 0.29) is 5.78 Å². The summed E-state index contributed by atoms with van der Waals surface area (Å²) >= 11 is 0. The Balaban J connectivity index is 1.87. The first kappa shape index (κ1) is 11.7. The molecule has 18 heavy (non-hydrogen) atoms. The van der Waals surface area contributed by atoms with E-state index >= 15 is 0 Å². The number of hydrogen-bond acceptors (Lipinski definition) is 2. The van der Waals surface area contributed by atoms with Crippen molar-refractivity contribution in [3.8, 4) is 0 Å². The lowest BCUT2D eigenvalue weighted by molar-refractivity contribution is 0.104. The van der Waals surface area contributed by atoms with Crippen LogP contribution in [0.3, 0.4) is 0 Å².